The largest absolute Gasteiger partial charge is 0.369 e. The van der Waals surface area contributed by atoms with Crippen LogP contribution in [0.15, 0.2) is 21.6 Å². The van der Waals surface area contributed by atoms with Gasteiger partial charge in [-0.1, -0.05) is 13.8 Å². The van der Waals surface area contributed by atoms with Crippen molar-refractivity contribution in [3.8, 4) is 0 Å². The van der Waals surface area contributed by atoms with Crippen molar-refractivity contribution in [1.29, 1.82) is 0 Å². The Morgan fingerprint density at radius 1 is 1.48 bits per heavy atom. The molecular formula is C14H22BrN3O2S. The minimum Gasteiger partial charge on any atom is -0.369 e. The number of rotatable bonds is 7. The molecule has 5 nitrogen and oxygen atoms in total. The van der Waals surface area contributed by atoms with Gasteiger partial charge < -0.3 is 5.32 Å². The number of pyridine rings is 1. The van der Waals surface area contributed by atoms with Crippen LogP contribution < -0.4 is 5.32 Å². The van der Waals surface area contributed by atoms with E-state index in [2.05, 4.69) is 26.2 Å². The average molecular weight is 376 g/mol. The van der Waals surface area contributed by atoms with Crippen LogP contribution in [0.2, 0.25) is 0 Å². The Kier molecular flexibility index (Phi) is 5.27. The summed E-state index contributed by atoms with van der Waals surface area (Å²) in [7, 11) is -3.53. The number of halogens is 1. The van der Waals surface area contributed by atoms with Crippen LogP contribution in [0.1, 0.15) is 33.6 Å². The molecule has 1 aromatic rings. The van der Waals surface area contributed by atoms with Gasteiger partial charge in [-0.25, -0.2) is 13.4 Å². The molecule has 1 aliphatic rings. The maximum Gasteiger partial charge on any atom is 0.247 e. The fourth-order valence-corrected chi connectivity index (χ4v) is 4.69. The Labute approximate surface area is 135 Å². The first-order valence-electron chi connectivity index (χ1n) is 7.27. The molecule has 0 amide bonds. The van der Waals surface area contributed by atoms with E-state index in [1.54, 1.807) is 16.6 Å². The molecule has 0 radical (unpaired) electrons. The van der Waals surface area contributed by atoms with Crippen LogP contribution in [0.25, 0.3) is 0 Å². The number of aromatic nitrogens is 1. The summed E-state index contributed by atoms with van der Waals surface area (Å²) in [6.07, 6.45) is 3.51. The van der Waals surface area contributed by atoms with Gasteiger partial charge in [-0.15, -0.1) is 0 Å². The molecule has 0 unspecified atom stereocenters. The molecule has 1 aliphatic carbocycles. The predicted octanol–water partition coefficient (Wildman–Crippen LogP) is 3.09. The summed E-state index contributed by atoms with van der Waals surface area (Å²) in [6, 6.07) is 1.78. The Bertz CT molecular complexity index is 600. The lowest BCUT2D eigenvalue weighted by atomic mass is 10.2. The molecule has 0 aromatic carbocycles. The molecule has 118 valence electrons. The number of hydrogen-bond acceptors (Lipinski definition) is 4. The van der Waals surface area contributed by atoms with Crippen molar-refractivity contribution in [2.24, 2.45) is 5.92 Å². The van der Waals surface area contributed by atoms with E-state index in [1.165, 1.54) is 0 Å². The molecule has 7 heteroatoms. The van der Waals surface area contributed by atoms with Crippen LogP contribution in [-0.2, 0) is 10.0 Å². The van der Waals surface area contributed by atoms with Crippen LogP contribution >= 0.6 is 15.9 Å². The van der Waals surface area contributed by atoms with Crippen LogP contribution in [-0.4, -0.2) is 36.8 Å². The summed E-state index contributed by atoms with van der Waals surface area (Å²) in [6.45, 7) is 7.17. The molecule has 1 heterocycles. The lowest BCUT2D eigenvalue weighted by molar-refractivity contribution is 0.360. The van der Waals surface area contributed by atoms with E-state index in [-0.39, 0.29) is 10.9 Å². The standard InChI is InChI=1S/C14H22BrN3O2S/c1-4-16-14-13(7-11(15)8-17-14)21(19,20)18(9-10(2)3)12-5-6-12/h7-8,10,12H,4-6,9H2,1-3H3,(H,16,17). The monoisotopic (exact) mass is 375 g/mol. The molecule has 1 N–H and O–H groups in total. The van der Waals surface area contributed by atoms with E-state index in [0.717, 1.165) is 12.8 Å². The Hall–Kier alpha value is -0.660. The van der Waals surface area contributed by atoms with Crippen molar-refractivity contribution >= 4 is 31.8 Å². The molecule has 1 saturated carbocycles. The van der Waals surface area contributed by atoms with E-state index < -0.39 is 10.0 Å². The number of sulfonamides is 1. The van der Waals surface area contributed by atoms with Crippen molar-refractivity contribution in [2.75, 3.05) is 18.4 Å². The van der Waals surface area contributed by atoms with Gasteiger partial charge in [0, 0.05) is 29.8 Å². The molecule has 0 atom stereocenters. The van der Waals surface area contributed by atoms with Crippen LogP contribution in [0.3, 0.4) is 0 Å². The summed E-state index contributed by atoms with van der Waals surface area (Å²) in [5, 5.41) is 3.04. The summed E-state index contributed by atoms with van der Waals surface area (Å²) in [5.41, 5.74) is 0. The summed E-state index contributed by atoms with van der Waals surface area (Å²) >= 11 is 3.32. The fourth-order valence-electron chi connectivity index (χ4n) is 2.21. The molecule has 0 saturated heterocycles. The second kappa shape index (κ2) is 6.62. The maximum atomic E-state index is 13.0. The normalized spacial score (nSPS) is 15.7. The van der Waals surface area contributed by atoms with Gasteiger partial charge in [0.05, 0.1) is 0 Å². The van der Waals surface area contributed by atoms with Crippen LogP contribution in [0.5, 0.6) is 0 Å². The summed E-state index contributed by atoms with van der Waals surface area (Å²) in [5.74, 6) is 0.721. The van der Waals surface area contributed by atoms with Gasteiger partial charge in [-0.3, -0.25) is 0 Å². The molecule has 0 spiro atoms. The Balaban J connectivity index is 2.43. The van der Waals surface area contributed by atoms with Gasteiger partial charge >= 0.3 is 0 Å². The highest BCUT2D eigenvalue weighted by atomic mass is 79.9. The predicted molar refractivity (Wildman–Crippen MR) is 87.9 cm³/mol. The van der Waals surface area contributed by atoms with Gasteiger partial charge in [0.2, 0.25) is 10.0 Å². The SMILES string of the molecule is CCNc1ncc(Br)cc1S(=O)(=O)N(CC(C)C)C1CC1. The number of hydrogen-bond donors (Lipinski definition) is 1. The Morgan fingerprint density at radius 3 is 2.67 bits per heavy atom. The van der Waals surface area contributed by atoms with Crippen molar-refractivity contribution < 1.29 is 8.42 Å². The number of nitrogens with zero attached hydrogens (tertiary/aromatic N) is 2. The van der Waals surface area contributed by atoms with E-state index in [1.807, 2.05) is 20.8 Å². The van der Waals surface area contributed by atoms with Crippen LogP contribution in [0, 0.1) is 5.92 Å². The van der Waals surface area contributed by atoms with Gasteiger partial charge in [-0.05, 0) is 47.7 Å². The van der Waals surface area contributed by atoms with Gasteiger partial charge in [0.15, 0.2) is 0 Å². The lowest BCUT2D eigenvalue weighted by Crippen LogP contribution is -2.36. The lowest BCUT2D eigenvalue weighted by Gasteiger charge is -2.24. The maximum absolute atomic E-state index is 13.0. The minimum absolute atomic E-state index is 0.144. The van der Waals surface area contributed by atoms with Gasteiger partial charge in [0.1, 0.15) is 10.7 Å². The second-order valence-electron chi connectivity index (χ2n) is 5.73. The molecule has 1 aromatic heterocycles. The first-order chi connectivity index (χ1) is 9.86. The van der Waals surface area contributed by atoms with Gasteiger partial charge in [-0.2, -0.15) is 4.31 Å². The summed E-state index contributed by atoms with van der Waals surface area (Å²) in [4.78, 5) is 4.47. The number of nitrogens with one attached hydrogen (secondary N) is 1. The third-order valence-corrected chi connectivity index (χ3v) is 5.61. The fraction of sp³-hybridized carbons (Fsp3) is 0.643. The molecular weight excluding hydrogens is 354 g/mol. The van der Waals surface area contributed by atoms with E-state index in [0.29, 0.717) is 29.3 Å². The molecule has 21 heavy (non-hydrogen) atoms. The molecule has 0 aliphatic heterocycles. The van der Waals surface area contributed by atoms with E-state index in [9.17, 15) is 8.42 Å². The average Bonchev–Trinajstić information content (AvgIpc) is 3.22. The molecule has 2 rings (SSSR count). The first kappa shape index (κ1) is 16.7. The molecule has 1 fully saturated rings. The highest BCUT2D eigenvalue weighted by Crippen LogP contribution is 2.35. The highest BCUT2D eigenvalue weighted by Gasteiger charge is 2.39. The second-order valence-corrected chi connectivity index (χ2v) is 8.51. The third-order valence-electron chi connectivity index (χ3n) is 3.25. The third kappa shape index (κ3) is 3.96. The van der Waals surface area contributed by atoms with Crippen molar-refractivity contribution in [2.45, 2.75) is 44.6 Å². The Morgan fingerprint density at radius 2 is 2.14 bits per heavy atom. The topological polar surface area (TPSA) is 62.3 Å². The van der Waals surface area contributed by atoms with Crippen molar-refractivity contribution in [3.05, 3.63) is 16.7 Å². The minimum atomic E-state index is -3.53. The highest BCUT2D eigenvalue weighted by molar-refractivity contribution is 9.10. The van der Waals surface area contributed by atoms with Crippen LogP contribution in [0.4, 0.5) is 5.82 Å². The van der Waals surface area contributed by atoms with Crippen molar-refractivity contribution in [1.82, 2.24) is 9.29 Å². The number of anilines is 1. The van der Waals surface area contributed by atoms with Gasteiger partial charge in [0.25, 0.3) is 0 Å². The molecule has 0 bridgehead atoms. The zero-order valence-corrected chi connectivity index (χ0v) is 15.0. The zero-order valence-electron chi connectivity index (χ0n) is 12.6. The summed E-state index contributed by atoms with van der Waals surface area (Å²) < 4.78 is 28.4. The van der Waals surface area contributed by atoms with E-state index in [4.69, 9.17) is 0 Å². The smallest absolute Gasteiger partial charge is 0.247 e. The van der Waals surface area contributed by atoms with E-state index >= 15 is 0 Å². The zero-order chi connectivity index (χ0) is 15.6. The quantitative estimate of drug-likeness (QED) is 0.795. The first-order valence-corrected chi connectivity index (χ1v) is 9.50. The van der Waals surface area contributed by atoms with Crippen molar-refractivity contribution in [3.63, 3.8) is 0 Å².